The van der Waals surface area contributed by atoms with E-state index < -0.39 is 0 Å². The van der Waals surface area contributed by atoms with Crippen molar-refractivity contribution in [1.82, 2.24) is 5.32 Å². The number of anilines is 1. The molecule has 1 heterocycles. The second kappa shape index (κ2) is 7.95. The number of para-hydroxylation sites is 1. The quantitative estimate of drug-likeness (QED) is 0.860. The number of carbonyl (C=O) groups is 1. The highest BCUT2D eigenvalue weighted by atomic mass is 35.5. The number of hydrogen-bond donors (Lipinski definition) is 1. The van der Waals surface area contributed by atoms with Crippen molar-refractivity contribution in [2.75, 3.05) is 18.0 Å². The zero-order chi connectivity index (χ0) is 16.9. The first-order valence-corrected chi connectivity index (χ1v) is 9.43. The van der Waals surface area contributed by atoms with Crippen LogP contribution in [0.4, 0.5) is 5.69 Å². The summed E-state index contributed by atoms with van der Waals surface area (Å²) in [7, 11) is 0. The number of carbonyl (C=O) groups excluding carboxylic acids is 1. The second-order valence-electron chi connectivity index (χ2n) is 5.90. The van der Waals surface area contributed by atoms with E-state index in [1.807, 2.05) is 42.1 Å². The van der Waals surface area contributed by atoms with Crippen LogP contribution in [0, 0.1) is 0 Å². The number of nitrogens with one attached hydrogen (secondary N) is 1. The van der Waals surface area contributed by atoms with Gasteiger partial charge in [-0.05, 0) is 36.2 Å². The number of rotatable bonds is 5. The second-order valence-corrected chi connectivity index (χ2v) is 7.68. The third-order valence-corrected chi connectivity index (χ3v) is 5.78. The minimum Gasteiger partial charge on any atom is -0.360 e. The smallest absolute Gasteiger partial charge is 0.239 e. The lowest BCUT2D eigenvalue weighted by Crippen LogP contribution is -2.42. The van der Waals surface area contributed by atoms with Gasteiger partial charge in [-0.3, -0.25) is 4.79 Å². The van der Waals surface area contributed by atoms with Crippen LogP contribution in [0.3, 0.4) is 0 Å². The van der Waals surface area contributed by atoms with E-state index in [2.05, 4.69) is 35.3 Å². The van der Waals surface area contributed by atoms with Crippen LogP contribution in [0.25, 0.3) is 0 Å². The summed E-state index contributed by atoms with van der Waals surface area (Å²) in [4.78, 5) is 15.8. The van der Waals surface area contributed by atoms with Gasteiger partial charge in [0.15, 0.2) is 0 Å². The average Bonchev–Trinajstić information content (AvgIpc) is 2.61. The summed E-state index contributed by atoms with van der Waals surface area (Å²) in [6.07, 6.45) is 1.10. The van der Waals surface area contributed by atoms with Crippen molar-refractivity contribution < 1.29 is 4.79 Å². The summed E-state index contributed by atoms with van der Waals surface area (Å²) in [5.74, 6) is 0.0431. The first-order chi connectivity index (χ1) is 11.7. The Labute approximate surface area is 152 Å². The number of hydrogen-bond acceptors (Lipinski definition) is 3. The zero-order valence-electron chi connectivity index (χ0n) is 13.7. The molecule has 24 heavy (non-hydrogen) atoms. The predicted molar refractivity (Wildman–Crippen MR) is 102 cm³/mol. The minimum atomic E-state index is 0.0431. The molecule has 0 spiro atoms. The fourth-order valence-corrected chi connectivity index (χ4v) is 4.15. The third kappa shape index (κ3) is 4.25. The lowest BCUT2D eigenvalue weighted by molar-refractivity contribution is -0.119. The van der Waals surface area contributed by atoms with Crippen molar-refractivity contribution in [3.05, 3.63) is 59.1 Å². The zero-order valence-corrected chi connectivity index (χ0v) is 15.2. The van der Waals surface area contributed by atoms with E-state index in [-0.39, 0.29) is 5.91 Å². The van der Waals surface area contributed by atoms with Gasteiger partial charge in [-0.15, -0.1) is 11.8 Å². The lowest BCUT2D eigenvalue weighted by atomic mass is 10.2. The molecule has 1 aliphatic rings. The molecule has 0 saturated heterocycles. The fourth-order valence-electron chi connectivity index (χ4n) is 2.77. The summed E-state index contributed by atoms with van der Waals surface area (Å²) in [6.45, 7) is 4.02. The topological polar surface area (TPSA) is 32.3 Å². The fraction of sp³-hybridized carbons (Fsp3) is 0.316. The maximum atomic E-state index is 12.4. The van der Waals surface area contributed by atoms with Gasteiger partial charge in [0.25, 0.3) is 0 Å². The Morgan fingerprint density at radius 2 is 2.00 bits per heavy atom. The first kappa shape index (κ1) is 17.2. The van der Waals surface area contributed by atoms with Gasteiger partial charge in [-0.25, -0.2) is 0 Å². The van der Waals surface area contributed by atoms with Crippen LogP contribution in [-0.4, -0.2) is 24.2 Å². The van der Waals surface area contributed by atoms with Gasteiger partial charge in [-0.2, -0.15) is 0 Å². The largest absolute Gasteiger partial charge is 0.360 e. The van der Waals surface area contributed by atoms with E-state index in [1.165, 1.54) is 4.90 Å². The summed E-state index contributed by atoms with van der Waals surface area (Å²) in [6, 6.07) is 15.9. The standard InChI is InChI=1S/C19H21ClN2OS/c1-2-16-12-22(17-5-3-4-6-18(17)24-16)13-19(23)21-11-14-7-9-15(20)10-8-14/h3-10,16H,2,11-13H2,1H3,(H,21,23)/t16-/m0/s1. The SMILES string of the molecule is CC[C@H]1CN(CC(=O)NCc2ccc(Cl)cc2)c2ccccc2S1. The van der Waals surface area contributed by atoms with Gasteiger partial charge in [0.05, 0.1) is 12.2 Å². The Bertz CT molecular complexity index is 705. The molecule has 0 aromatic heterocycles. The van der Waals surface area contributed by atoms with Crippen LogP contribution >= 0.6 is 23.4 Å². The van der Waals surface area contributed by atoms with Crippen LogP contribution in [0.5, 0.6) is 0 Å². The molecule has 0 unspecified atom stereocenters. The molecular formula is C19H21ClN2OS. The molecule has 0 bridgehead atoms. The molecule has 1 N–H and O–H groups in total. The number of nitrogens with zero attached hydrogens (tertiary/aromatic N) is 1. The van der Waals surface area contributed by atoms with Gasteiger partial charge in [0, 0.05) is 28.3 Å². The molecule has 0 aliphatic carbocycles. The summed E-state index contributed by atoms with van der Waals surface area (Å²) >= 11 is 7.80. The highest BCUT2D eigenvalue weighted by Gasteiger charge is 2.25. The third-order valence-electron chi connectivity index (χ3n) is 4.12. The average molecular weight is 361 g/mol. The highest BCUT2D eigenvalue weighted by Crippen LogP contribution is 2.39. The van der Waals surface area contributed by atoms with E-state index in [4.69, 9.17) is 11.6 Å². The highest BCUT2D eigenvalue weighted by molar-refractivity contribution is 8.00. The van der Waals surface area contributed by atoms with Crippen molar-refractivity contribution in [3.8, 4) is 0 Å². The summed E-state index contributed by atoms with van der Waals surface area (Å²) in [5, 5.41) is 4.24. The molecule has 0 radical (unpaired) electrons. The lowest BCUT2D eigenvalue weighted by Gasteiger charge is -2.34. The molecule has 1 atom stereocenters. The van der Waals surface area contributed by atoms with Crippen LogP contribution in [0.15, 0.2) is 53.4 Å². The minimum absolute atomic E-state index is 0.0431. The number of fused-ring (bicyclic) bond motifs is 1. The molecule has 0 saturated carbocycles. The van der Waals surface area contributed by atoms with Crippen molar-refractivity contribution in [2.24, 2.45) is 0 Å². The molecule has 5 heteroatoms. The Kier molecular flexibility index (Phi) is 5.69. The van der Waals surface area contributed by atoms with E-state index in [9.17, 15) is 4.79 Å². The van der Waals surface area contributed by atoms with Crippen molar-refractivity contribution in [3.63, 3.8) is 0 Å². The summed E-state index contributed by atoms with van der Waals surface area (Å²) in [5.41, 5.74) is 2.21. The molecule has 1 amide bonds. The molecular weight excluding hydrogens is 340 g/mol. The number of benzene rings is 2. The normalized spacial score (nSPS) is 16.6. The molecule has 126 valence electrons. The monoisotopic (exact) mass is 360 g/mol. The number of amides is 1. The van der Waals surface area contributed by atoms with Crippen LogP contribution < -0.4 is 10.2 Å². The van der Waals surface area contributed by atoms with Gasteiger partial charge in [0.1, 0.15) is 0 Å². The Balaban J connectivity index is 1.62. The molecule has 3 rings (SSSR count). The molecule has 1 aliphatic heterocycles. The maximum Gasteiger partial charge on any atom is 0.239 e. The van der Waals surface area contributed by atoms with Crippen LogP contribution in [0.1, 0.15) is 18.9 Å². The molecule has 2 aromatic rings. The summed E-state index contributed by atoms with van der Waals surface area (Å²) < 4.78 is 0. The molecule has 2 aromatic carbocycles. The van der Waals surface area contributed by atoms with E-state index >= 15 is 0 Å². The first-order valence-electron chi connectivity index (χ1n) is 8.17. The maximum absolute atomic E-state index is 12.4. The van der Waals surface area contributed by atoms with Crippen molar-refractivity contribution in [2.45, 2.75) is 30.0 Å². The van der Waals surface area contributed by atoms with Crippen LogP contribution in [0.2, 0.25) is 5.02 Å². The van der Waals surface area contributed by atoms with Gasteiger partial charge < -0.3 is 10.2 Å². The van der Waals surface area contributed by atoms with Gasteiger partial charge in [-0.1, -0.05) is 42.8 Å². The van der Waals surface area contributed by atoms with Gasteiger partial charge >= 0.3 is 0 Å². The Hall–Kier alpha value is -1.65. The van der Waals surface area contributed by atoms with E-state index in [0.717, 1.165) is 24.2 Å². The Morgan fingerprint density at radius 1 is 1.25 bits per heavy atom. The van der Waals surface area contributed by atoms with E-state index in [0.29, 0.717) is 23.4 Å². The Morgan fingerprint density at radius 3 is 2.75 bits per heavy atom. The van der Waals surface area contributed by atoms with Gasteiger partial charge in [0.2, 0.25) is 5.91 Å². The molecule has 0 fully saturated rings. The van der Waals surface area contributed by atoms with E-state index in [1.54, 1.807) is 0 Å². The number of halogens is 1. The van der Waals surface area contributed by atoms with Crippen molar-refractivity contribution >= 4 is 35.0 Å². The van der Waals surface area contributed by atoms with Crippen LogP contribution in [-0.2, 0) is 11.3 Å². The van der Waals surface area contributed by atoms with Crippen molar-refractivity contribution in [1.29, 1.82) is 0 Å². The predicted octanol–water partition coefficient (Wildman–Crippen LogP) is 4.35. The number of thioether (sulfide) groups is 1. The molecule has 3 nitrogen and oxygen atoms in total.